The Morgan fingerprint density at radius 2 is 2.08 bits per heavy atom. The van der Waals surface area contributed by atoms with E-state index in [2.05, 4.69) is 24.3 Å². The Kier molecular flexibility index (Phi) is 1.06. The molecule has 0 aromatic heterocycles. The third-order valence-corrected chi connectivity index (χ3v) is 3.53. The molecule has 62 valence electrons. The lowest BCUT2D eigenvalue weighted by Gasteiger charge is -2.08. The summed E-state index contributed by atoms with van der Waals surface area (Å²) in [5.41, 5.74) is 9.46. The molecule has 0 unspecified atom stereocenters. The van der Waals surface area contributed by atoms with Crippen LogP contribution in [0.1, 0.15) is 24.0 Å². The molecular weight excluding hydrogens is 146 g/mol. The van der Waals surface area contributed by atoms with Crippen LogP contribution in [-0.2, 0) is 11.8 Å². The number of nitrogens with two attached hydrogens (primary N) is 1. The quantitative estimate of drug-likeness (QED) is 0.611. The monoisotopic (exact) mass is 159 g/mol. The summed E-state index contributed by atoms with van der Waals surface area (Å²) < 4.78 is 0. The van der Waals surface area contributed by atoms with Crippen LogP contribution < -0.4 is 5.73 Å². The third kappa shape index (κ3) is 0.632. The van der Waals surface area contributed by atoms with Crippen molar-refractivity contribution in [1.29, 1.82) is 0 Å². The minimum Gasteiger partial charge on any atom is -0.327 e. The van der Waals surface area contributed by atoms with Gasteiger partial charge in [-0.15, -0.1) is 0 Å². The van der Waals surface area contributed by atoms with E-state index in [1.807, 2.05) is 0 Å². The van der Waals surface area contributed by atoms with Gasteiger partial charge in [-0.1, -0.05) is 24.3 Å². The lowest BCUT2D eigenvalue weighted by Crippen LogP contribution is -2.14. The van der Waals surface area contributed by atoms with Crippen molar-refractivity contribution in [2.24, 2.45) is 5.73 Å². The molecule has 0 radical (unpaired) electrons. The Balaban J connectivity index is 2.15. The first-order valence-corrected chi connectivity index (χ1v) is 4.67. The van der Waals surface area contributed by atoms with E-state index in [1.165, 1.54) is 30.4 Å². The maximum Gasteiger partial charge on any atom is 0.0146 e. The molecule has 1 heteroatoms. The first-order valence-electron chi connectivity index (χ1n) is 4.67. The summed E-state index contributed by atoms with van der Waals surface area (Å²) in [5.74, 6) is 0. The number of fused-ring (bicyclic) bond motifs is 2. The summed E-state index contributed by atoms with van der Waals surface area (Å²) in [6.07, 6.45) is 3.74. The highest BCUT2D eigenvalue weighted by molar-refractivity contribution is 5.46. The fourth-order valence-corrected chi connectivity index (χ4v) is 2.65. The summed E-state index contributed by atoms with van der Waals surface area (Å²) in [5, 5.41) is 0. The molecule has 1 fully saturated rings. The van der Waals surface area contributed by atoms with Crippen molar-refractivity contribution in [3.63, 3.8) is 0 Å². The Bertz CT molecular complexity index is 332. The molecule has 12 heavy (non-hydrogen) atoms. The molecule has 1 nitrogen and oxygen atoms in total. The summed E-state index contributed by atoms with van der Waals surface area (Å²) in [6, 6.07) is 9.22. The van der Waals surface area contributed by atoms with Crippen LogP contribution in [0.2, 0.25) is 0 Å². The van der Waals surface area contributed by atoms with Crippen LogP contribution in [0.3, 0.4) is 0 Å². The fraction of sp³-hybridized carbons (Fsp3) is 0.455. The Labute approximate surface area is 72.6 Å². The average molecular weight is 159 g/mol. The van der Waals surface area contributed by atoms with Gasteiger partial charge in [0.2, 0.25) is 0 Å². The molecule has 0 heterocycles. The molecule has 0 bridgehead atoms. The zero-order chi connectivity index (χ0) is 8.18. The highest BCUT2D eigenvalue weighted by atomic mass is 14.8. The van der Waals surface area contributed by atoms with Gasteiger partial charge in [0.15, 0.2) is 0 Å². The van der Waals surface area contributed by atoms with Gasteiger partial charge in [-0.05, 0) is 30.4 Å². The topological polar surface area (TPSA) is 26.0 Å². The second-order valence-electron chi connectivity index (χ2n) is 4.12. The minimum absolute atomic E-state index is 0.413. The van der Waals surface area contributed by atoms with E-state index >= 15 is 0 Å². The lowest BCUT2D eigenvalue weighted by molar-refractivity contribution is 0.651. The van der Waals surface area contributed by atoms with Gasteiger partial charge in [-0.2, -0.15) is 0 Å². The van der Waals surface area contributed by atoms with Crippen molar-refractivity contribution in [1.82, 2.24) is 0 Å². The van der Waals surface area contributed by atoms with Crippen LogP contribution in [0.15, 0.2) is 24.3 Å². The van der Waals surface area contributed by atoms with Gasteiger partial charge < -0.3 is 5.73 Å². The third-order valence-electron chi connectivity index (χ3n) is 3.53. The van der Waals surface area contributed by atoms with Gasteiger partial charge >= 0.3 is 0 Å². The second kappa shape index (κ2) is 1.91. The molecule has 1 spiro atoms. The zero-order valence-corrected chi connectivity index (χ0v) is 7.09. The predicted octanol–water partition coefficient (Wildman–Crippen LogP) is 1.60. The average Bonchev–Trinajstić information content (AvgIpc) is 2.58. The second-order valence-corrected chi connectivity index (χ2v) is 4.12. The maximum absolute atomic E-state index is 5.98. The first kappa shape index (κ1) is 6.67. The van der Waals surface area contributed by atoms with Crippen LogP contribution in [-0.4, -0.2) is 6.04 Å². The van der Waals surface area contributed by atoms with Gasteiger partial charge in [-0.25, -0.2) is 0 Å². The number of benzene rings is 1. The minimum atomic E-state index is 0.413. The smallest absolute Gasteiger partial charge is 0.0146 e. The first-order chi connectivity index (χ1) is 5.83. The van der Waals surface area contributed by atoms with E-state index in [9.17, 15) is 0 Å². The van der Waals surface area contributed by atoms with Crippen molar-refractivity contribution in [2.75, 3.05) is 0 Å². The predicted molar refractivity (Wildman–Crippen MR) is 49.0 cm³/mol. The molecule has 0 saturated heterocycles. The normalized spacial score (nSPS) is 36.9. The van der Waals surface area contributed by atoms with Gasteiger partial charge in [-0.3, -0.25) is 0 Å². The Morgan fingerprint density at radius 1 is 1.33 bits per heavy atom. The number of aryl methyl sites for hydroxylation is 1. The van der Waals surface area contributed by atoms with Crippen molar-refractivity contribution in [3.05, 3.63) is 35.4 Å². The van der Waals surface area contributed by atoms with E-state index in [0.717, 1.165) is 0 Å². The van der Waals surface area contributed by atoms with Crippen LogP contribution >= 0.6 is 0 Å². The van der Waals surface area contributed by atoms with Crippen molar-refractivity contribution >= 4 is 0 Å². The molecule has 1 aromatic rings. The van der Waals surface area contributed by atoms with E-state index < -0.39 is 0 Å². The highest BCUT2D eigenvalue weighted by Gasteiger charge is 2.55. The van der Waals surface area contributed by atoms with Crippen LogP contribution in [0.25, 0.3) is 0 Å². The zero-order valence-electron chi connectivity index (χ0n) is 7.09. The number of rotatable bonds is 0. The van der Waals surface area contributed by atoms with Gasteiger partial charge in [0, 0.05) is 11.5 Å². The summed E-state index contributed by atoms with van der Waals surface area (Å²) in [7, 11) is 0. The molecule has 0 amide bonds. The van der Waals surface area contributed by atoms with Gasteiger partial charge in [0.25, 0.3) is 0 Å². The Morgan fingerprint density at radius 3 is 2.83 bits per heavy atom. The summed E-state index contributed by atoms with van der Waals surface area (Å²) in [4.78, 5) is 0. The molecule has 0 aliphatic heterocycles. The van der Waals surface area contributed by atoms with E-state index in [-0.39, 0.29) is 0 Å². The fourth-order valence-electron chi connectivity index (χ4n) is 2.65. The number of hydrogen-bond acceptors (Lipinski definition) is 1. The Hall–Kier alpha value is -0.820. The van der Waals surface area contributed by atoms with Gasteiger partial charge in [0.05, 0.1) is 0 Å². The largest absolute Gasteiger partial charge is 0.327 e. The summed E-state index contributed by atoms with van der Waals surface area (Å²) in [6.45, 7) is 0. The molecule has 1 aromatic carbocycles. The SMILES string of the molecule is N[C@H]1C[C@]12CCc1ccccc12. The van der Waals surface area contributed by atoms with Crippen molar-refractivity contribution in [3.8, 4) is 0 Å². The molecule has 3 rings (SSSR count). The van der Waals surface area contributed by atoms with E-state index in [0.29, 0.717) is 11.5 Å². The molecule has 2 atom stereocenters. The van der Waals surface area contributed by atoms with E-state index in [4.69, 9.17) is 5.73 Å². The molecular formula is C11H13N. The summed E-state index contributed by atoms with van der Waals surface area (Å²) >= 11 is 0. The maximum atomic E-state index is 5.98. The van der Waals surface area contributed by atoms with Crippen LogP contribution in [0, 0.1) is 0 Å². The lowest BCUT2D eigenvalue weighted by atomic mass is 9.98. The van der Waals surface area contributed by atoms with E-state index in [1.54, 1.807) is 0 Å². The number of hydrogen-bond donors (Lipinski definition) is 1. The van der Waals surface area contributed by atoms with Crippen molar-refractivity contribution in [2.45, 2.75) is 30.7 Å². The standard InChI is InChI=1S/C11H13N/c12-10-7-11(10)6-5-8-3-1-2-4-9(8)11/h1-4,10H,5-7,12H2/t10-,11-/m0/s1. The van der Waals surface area contributed by atoms with Crippen molar-refractivity contribution < 1.29 is 0 Å². The molecule has 1 saturated carbocycles. The highest BCUT2D eigenvalue weighted by Crippen LogP contribution is 2.55. The molecule has 2 N–H and O–H groups in total. The van der Waals surface area contributed by atoms with Crippen LogP contribution in [0.5, 0.6) is 0 Å². The molecule has 2 aliphatic carbocycles. The van der Waals surface area contributed by atoms with Crippen LogP contribution in [0.4, 0.5) is 0 Å². The van der Waals surface area contributed by atoms with Gasteiger partial charge in [0.1, 0.15) is 0 Å². The molecule has 2 aliphatic rings.